The van der Waals surface area contributed by atoms with Crippen molar-refractivity contribution in [2.45, 2.75) is 31.5 Å². The van der Waals surface area contributed by atoms with Gasteiger partial charge in [0, 0.05) is 38.8 Å². The van der Waals surface area contributed by atoms with Crippen LogP contribution in [0.2, 0.25) is 0 Å². The molecule has 2 aromatic rings. The zero-order valence-electron chi connectivity index (χ0n) is 20.5. The van der Waals surface area contributed by atoms with Crippen LogP contribution >= 0.6 is 0 Å². The normalized spacial score (nSPS) is 20.7. The van der Waals surface area contributed by atoms with Crippen molar-refractivity contribution in [3.8, 4) is 0 Å². The van der Waals surface area contributed by atoms with Crippen LogP contribution in [0.15, 0.2) is 30.3 Å². The van der Waals surface area contributed by atoms with Gasteiger partial charge in [-0.1, -0.05) is 12.1 Å². The van der Waals surface area contributed by atoms with Gasteiger partial charge in [-0.15, -0.1) is 0 Å². The summed E-state index contributed by atoms with van der Waals surface area (Å²) in [4.78, 5) is 27.6. The molecule has 0 atom stereocenters. The Morgan fingerprint density at radius 1 is 1.08 bits per heavy atom. The Kier molecular flexibility index (Phi) is 6.33. The number of hydrogen-bond acceptors (Lipinski definition) is 9. The van der Waals surface area contributed by atoms with Crippen molar-refractivity contribution in [1.29, 1.82) is 0 Å². The molecule has 3 aliphatic heterocycles. The number of alkyl halides is 2. The molecular formula is C24H32F2N8O2. The van der Waals surface area contributed by atoms with E-state index in [1.807, 2.05) is 23.6 Å². The second-order valence-electron chi connectivity index (χ2n) is 9.90. The van der Waals surface area contributed by atoms with E-state index in [2.05, 4.69) is 15.6 Å². The third-order valence-electron chi connectivity index (χ3n) is 7.02. The Morgan fingerprint density at radius 3 is 2.33 bits per heavy atom. The van der Waals surface area contributed by atoms with Crippen LogP contribution in [0.4, 0.5) is 31.9 Å². The number of morpholine rings is 1. The molecular weight excluding hydrogens is 470 g/mol. The lowest BCUT2D eigenvalue weighted by Crippen LogP contribution is -2.62. The van der Waals surface area contributed by atoms with Crippen LogP contribution in [0.5, 0.6) is 0 Å². The second kappa shape index (κ2) is 9.32. The number of rotatable bonds is 5. The van der Waals surface area contributed by atoms with Crippen molar-refractivity contribution >= 4 is 29.0 Å². The minimum absolute atomic E-state index is 0.0585. The highest BCUT2D eigenvalue weighted by Gasteiger charge is 2.49. The highest BCUT2D eigenvalue weighted by atomic mass is 19.3. The Bertz CT molecular complexity index is 1100. The maximum Gasteiger partial charge on any atom is 0.285 e. The summed E-state index contributed by atoms with van der Waals surface area (Å²) in [5.74, 6) is 0.795. The number of fused-ring (bicyclic) bond motifs is 1. The predicted octanol–water partition coefficient (Wildman–Crippen LogP) is 1.65. The summed E-state index contributed by atoms with van der Waals surface area (Å²) < 4.78 is 35.1. The fourth-order valence-electron chi connectivity index (χ4n) is 5.12. The topological polar surface area (TPSA) is 112 Å². The SMILES string of the molecule is CC1(C)CN(c2cc(C3(C(F)F)Nc4ccccc4N3)nc(N3CCOCC3)n2)CCN1C(=O)CN. The van der Waals surface area contributed by atoms with Crippen LogP contribution in [0, 0.1) is 0 Å². The third-order valence-corrected chi connectivity index (χ3v) is 7.02. The van der Waals surface area contributed by atoms with Gasteiger partial charge in [-0.3, -0.25) is 4.79 Å². The molecule has 36 heavy (non-hydrogen) atoms. The van der Waals surface area contributed by atoms with Crippen molar-refractivity contribution in [2.75, 3.05) is 72.9 Å². The molecule has 2 saturated heterocycles. The molecule has 3 aliphatic rings. The van der Waals surface area contributed by atoms with E-state index in [1.165, 1.54) is 0 Å². The average Bonchev–Trinajstić information content (AvgIpc) is 3.29. The summed E-state index contributed by atoms with van der Waals surface area (Å²) in [5, 5.41) is 5.98. The van der Waals surface area contributed by atoms with E-state index in [4.69, 9.17) is 15.5 Å². The number of hydrogen-bond donors (Lipinski definition) is 3. The van der Waals surface area contributed by atoms with Crippen LogP contribution in [0.25, 0.3) is 0 Å². The molecule has 5 rings (SSSR count). The van der Waals surface area contributed by atoms with E-state index in [1.54, 1.807) is 35.2 Å². The number of piperazine rings is 1. The Morgan fingerprint density at radius 2 is 1.75 bits per heavy atom. The largest absolute Gasteiger partial charge is 0.378 e. The molecule has 0 aliphatic carbocycles. The Labute approximate surface area is 208 Å². The molecule has 10 nitrogen and oxygen atoms in total. The first-order valence-electron chi connectivity index (χ1n) is 12.1. The fraction of sp³-hybridized carbons (Fsp3) is 0.542. The summed E-state index contributed by atoms with van der Waals surface area (Å²) in [7, 11) is 0. The van der Waals surface area contributed by atoms with E-state index >= 15 is 0 Å². The highest BCUT2D eigenvalue weighted by molar-refractivity contribution is 5.79. The summed E-state index contributed by atoms with van der Waals surface area (Å²) in [5.41, 5.74) is 4.51. The first kappa shape index (κ1) is 24.4. The Balaban J connectivity index is 1.55. The van der Waals surface area contributed by atoms with Crippen molar-refractivity contribution < 1.29 is 18.3 Å². The molecule has 0 unspecified atom stereocenters. The monoisotopic (exact) mass is 502 g/mol. The van der Waals surface area contributed by atoms with Crippen LogP contribution in [-0.2, 0) is 15.2 Å². The Hall–Kier alpha value is -3.25. The van der Waals surface area contributed by atoms with Crippen LogP contribution in [0.1, 0.15) is 19.5 Å². The number of nitrogens with two attached hydrogens (primary N) is 1. The van der Waals surface area contributed by atoms with Gasteiger partial charge < -0.3 is 35.8 Å². The zero-order valence-corrected chi connectivity index (χ0v) is 20.5. The van der Waals surface area contributed by atoms with E-state index in [9.17, 15) is 13.6 Å². The lowest BCUT2D eigenvalue weighted by Gasteiger charge is -2.47. The smallest absolute Gasteiger partial charge is 0.285 e. The first-order chi connectivity index (χ1) is 17.2. The van der Waals surface area contributed by atoms with E-state index in [-0.39, 0.29) is 18.1 Å². The lowest BCUT2D eigenvalue weighted by atomic mass is 9.98. The number of benzene rings is 1. The highest BCUT2D eigenvalue weighted by Crippen LogP contribution is 2.43. The second-order valence-corrected chi connectivity index (χ2v) is 9.90. The van der Waals surface area contributed by atoms with Crippen LogP contribution in [-0.4, -0.2) is 85.2 Å². The van der Waals surface area contributed by atoms with Gasteiger partial charge in [0.25, 0.3) is 6.43 Å². The van der Waals surface area contributed by atoms with Crippen molar-refractivity contribution in [2.24, 2.45) is 5.73 Å². The van der Waals surface area contributed by atoms with Crippen LogP contribution in [0.3, 0.4) is 0 Å². The molecule has 0 radical (unpaired) electrons. The number of carbonyl (C=O) groups is 1. The number of aromatic nitrogens is 2. The van der Waals surface area contributed by atoms with Gasteiger partial charge in [-0.05, 0) is 26.0 Å². The molecule has 1 aromatic heterocycles. The summed E-state index contributed by atoms with van der Waals surface area (Å²) in [6.07, 6.45) is -2.80. The number of amides is 1. The standard InChI is InChI=1S/C24H32F2N8O2/c1-23(2)15-33(7-8-34(23)20(35)14-27)19-13-18(28-22(29-19)32-9-11-36-12-10-32)24(21(25)26)30-16-5-3-4-6-17(16)31-24/h3-6,13,21,30-31H,7-12,14-15,27H2,1-2H3. The molecule has 1 aromatic carbocycles. The maximum atomic E-state index is 14.8. The van der Waals surface area contributed by atoms with E-state index in [0.29, 0.717) is 69.1 Å². The lowest BCUT2D eigenvalue weighted by molar-refractivity contribution is -0.135. The van der Waals surface area contributed by atoms with Crippen molar-refractivity contribution in [1.82, 2.24) is 14.9 Å². The summed E-state index contributed by atoms with van der Waals surface area (Å²) >= 11 is 0. The molecule has 194 valence electrons. The molecule has 4 N–H and O–H groups in total. The van der Waals surface area contributed by atoms with Gasteiger partial charge >= 0.3 is 0 Å². The van der Waals surface area contributed by atoms with Gasteiger partial charge in [0.15, 0.2) is 0 Å². The summed E-state index contributed by atoms with van der Waals surface area (Å²) in [6, 6.07) is 8.73. The van der Waals surface area contributed by atoms with Crippen molar-refractivity contribution in [3.63, 3.8) is 0 Å². The maximum absolute atomic E-state index is 14.8. The molecule has 1 amide bonds. The third kappa shape index (κ3) is 4.28. The number of anilines is 4. The molecule has 12 heteroatoms. The van der Waals surface area contributed by atoms with Gasteiger partial charge in [0.1, 0.15) is 5.82 Å². The minimum atomic E-state index is -2.80. The number of carbonyl (C=O) groups excluding carboxylic acids is 1. The van der Waals surface area contributed by atoms with Gasteiger partial charge in [0.2, 0.25) is 17.5 Å². The average molecular weight is 503 g/mol. The van der Waals surface area contributed by atoms with Crippen LogP contribution < -0.4 is 26.2 Å². The molecule has 0 bridgehead atoms. The summed E-state index contributed by atoms with van der Waals surface area (Å²) in [6.45, 7) is 7.46. The fourth-order valence-corrected chi connectivity index (χ4v) is 5.12. The number of ether oxygens (including phenoxy) is 1. The zero-order chi connectivity index (χ0) is 25.5. The predicted molar refractivity (Wildman–Crippen MR) is 133 cm³/mol. The quantitative estimate of drug-likeness (QED) is 0.562. The number of para-hydroxylation sites is 2. The molecule has 0 spiro atoms. The van der Waals surface area contributed by atoms with Gasteiger partial charge in [-0.2, -0.15) is 4.98 Å². The molecule has 0 saturated carbocycles. The van der Waals surface area contributed by atoms with E-state index < -0.39 is 17.6 Å². The van der Waals surface area contributed by atoms with E-state index in [0.717, 1.165) is 0 Å². The number of halogens is 2. The number of nitrogens with zero attached hydrogens (tertiary/aromatic N) is 5. The first-order valence-corrected chi connectivity index (χ1v) is 12.1. The molecule has 2 fully saturated rings. The molecule has 4 heterocycles. The van der Waals surface area contributed by atoms with Gasteiger partial charge in [0.05, 0.1) is 42.4 Å². The van der Waals surface area contributed by atoms with Crippen molar-refractivity contribution in [3.05, 3.63) is 36.0 Å². The number of nitrogens with one attached hydrogen (secondary N) is 2. The minimum Gasteiger partial charge on any atom is -0.378 e. The van der Waals surface area contributed by atoms with Gasteiger partial charge in [-0.25, -0.2) is 13.8 Å².